The van der Waals surface area contributed by atoms with E-state index >= 15 is 0 Å². The highest BCUT2D eigenvalue weighted by Gasteiger charge is 2.32. The molecule has 9 heteroatoms. The number of ether oxygens (including phenoxy) is 1. The molecule has 0 spiro atoms. The number of anilines is 1. The van der Waals surface area contributed by atoms with Gasteiger partial charge in [-0.05, 0) is 30.2 Å². The lowest BCUT2D eigenvalue weighted by Crippen LogP contribution is -2.34. The molecule has 1 saturated heterocycles. The van der Waals surface area contributed by atoms with Crippen molar-refractivity contribution in [2.75, 3.05) is 18.1 Å². The summed E-state index contributed by atoms with van der Waals surface area (Å²) in [5.41, 5.74) is 1.82. The molecule has 1 aromatic carbocycles. The zero-order chi connectivity index (χ0) is 21.1. The van der Waals surface area contributed by atoms with Crippen molar-refractivity contribution in [2.45, 2.75) is 24.3 Å². The highest BCUT2D eigenvalue weighted by Crippen LogP contribution is 2.27. The maximum absolute atomic E-state index is 13.8. The minimum atomic E-state index is -1.22. The largest absolute Gasteiger partial charge is 0.375 e. The van der Waals surface area contributed by atoms with Crippen LogP contribution in [-0.2, 0) is 11.3 Å². The van der Waals surface area contributed by atoms with Gasteiger partial charge in [0.05, 0.1) is 19.3 Å². The summed E-state index contributed by atoms with van der Waals surface area (Å²) in [6.07, 6.45) is 7.64. The van der Waals surface area contributed by atoms with Crippen LogP contribution in [0.5, 0.6) is 0 Å². The van der Waals surface area contributed by atoms with E-state index in [0.717, 1.165) is 23.6 Å². The lowest BCUT2D eigenvalue weighted by atomic mass is 10.1. The van der Waals surface area contributed by atoms with E-state index in [0.29, 0.717) is 18.6 Å². The molecule has 0 radical (unpaired) electrons. The highest BCUT2D eigenvalue weighted by molar-refractivity contribution is 7.81. The van der Waals surface area contributed by atoms with Crippen LogP contribution in [0, 0.1) is 17.5 Å². The number of benzene rings is 1. The Morgan fingerprint density at radius 1 is 1.00 bits per heavy atom. The third-order valence-corrected chi connectivity index (χ3v) is 5.33. The number of aromatic nitrogens is 3. The van der Waals surface area contributed by atoms with Gasteiger partial charge in [0.2, 0.25) is 5.95 Å². The van der Waals surface area contributed by atoms with E-state index in [1.54, 1.807) is 24.8 Å². The Bertz CT molecular complexity index is 1010. The molecular weight excluding hydrogens is 413 g/mol. The number of pyridine rings is 1. The van der Waals surface area contributed by atoms with Gasteiger partial charge in [-0.3, -0.25) is 4.98 Å². The molecule has 1 aliphatic heterocycles. The van der Waals surface area contributed by atoms with E-state index in [4.69, 9.17) is 4.74 Å². The van der Waals surface area contributed by atoms with Gasteiger partial charge in [0.25, 0.3) is 0 Å². The number of halogens is 3. The van der Waals surface area contributed by atoms with Crippen LogP contribution in [-0.4, -0.2) is 39.4 Å². The minimum Gasteiger partial charge on any atom is -0.375 e. The fourth-order valence-corrected chi connectivity index (χ4v) is 3.86. The molecule has 0 N–H and O–H groups in total. The molecule has 0 bridgehead atoms. The molecule has 2 aromatic heterocycles. The third kappa shape index (κ3) is 4.57. The van der Waals surface area contributed by atoms with Crippen LogP contribution >= 0.6 is 12.6 Å². The topological polar surface area (TPSA) is 51.1 Å². The maximum atomic E-state index is 13.8. The van der Waals surface area contributed by atoms with Crippen LogP contribution in [0.25, 0.3) is 11.1 Å². The molecule has 4 rings (SSSR count). The van der Waals surface area contributed by atoms with Gasteiger partial charge < -0.3 is 9.64 Å². The second-order valence-corrected chi connectivity index (χ2v) is 7.81. The summed E-state index contributed by atoms with van der Waals surface area (Å²) in [5.74, 6) is -2.60. The van der Waals surface area contributed by atoms with Gasteiger partial charge in [-0.15, -0.1) is 0 Å². The standard InChI is InChI=1S/C21H19F3N4OS/c22-18-7-20(24)19(23)5-14(18)11-29-12-16-6-17(30)10-28(16)21-26-8-15(9-27-21)13-1-3-25-4-2-13/h1-5,7-9,16-17,30H,6,10-12H2/t16-,17+/m0/s1. The fraction of sp³-hybridized carbons (Fsp3) is 0.286. The Morgan fingerprint density at radius 2 is 1.70 bits per heavy atom. The summed E-state index contributed by atoms with van der Waals surface area (Å²) >= 11 is 4.56. The van der Waals surface area contributed by atoms with Crippen LogP contribution in [0.3, 0.4) is 0 Å². The lowest BCUT2D eigenvalue weighted by molar-refractivity contribution is 0.106. The van der Waals surface area contributed by atoms with E-state index in [1.807, 2.05) is 17.0 Å². The zero-order valence-electron chi connectivity index (χ0n) is 15.9. The van der Waals surface area contributed by atoms with E-state index < -0.39 is 17.5 Å². The lowest BCUT2D eigenvalue weighted by Gasteiger charge is -2.24. The van der Waals surface area contributed by atoms with Crippen molar-refractivity contribution in [1.29, 1.82) is 0 Å². The summed E-state index contributed by atoms with van der Waals surface area (Å²) in [7, 11) is 0. The molecule has 156 valence electrons. The predicted octanol–water partition coefficient (Wildman–Crippen LogP) is 4.05. The smallest absolute Gasteiger partial charge is 0.225 e. The first kappa shape index (κ1) is 20.6. The second kappa shape index (κ2) is 9.01. The Labute approximate surface area is 177 Å². The van der Waals surface area contributed by atoms with Gasteiger partial charge in [0.1, 0.15) is 5.82 Å². The number of thiol groups is 1. The average Bonchev–Trinajstić information content (AvgIpc) is 3.13. The van der Waals surface area contributed by atoms with E-state index in [9.17, 15) is 13.2 Å². The summed E-state index contributed by atoms with van der Waals surface area (Å²) in [5, 5.41) is 0.113. The Kier molecular flexibility index (Phi) is 6.19. The van der Waals surface area contributed by atoms with Crippen LogP contribution in [0.15, 0.2) is 49.1 Å². The minimum absolute atomic E-state index is 0.0289. The summed E-state index contributed by atoms with van der Waals surface area (Å²) < 4.78 is 45.8. The summed E-state index contributed by atoms with van der Waals surface area (Å²) in [4.78, 5) is 15.0. The molecule has 0 saturated carbocycles. The van der Waals surface area contributed by atoms with Crippen molar-refractivity contribution >= 4 is 18.6 Å². The molecule has 1 aliphatic rings. The summed E-state index contributed by atoms with van der Waals surface area (Å²) in [6.45, 7) is 0.739. The number of rotatable bonds is 6. The van der Waals surface area contributed by atoms with Crippen molar-refractivity contribution < 1.29 is 17.9 Å². The number of hydrogen-bond donors (Lipinski definition) is 1. The molecule has 1 fully saturated rings. The van der Waals surface area contributed by atoms with Crippen LogP contribution in [0.2, 0.25) is 0 Å². The van der Waals surface area contributed by atoms with Gasteiger partial charge in [-0.1, -0.05) is 0 Å². The second-order valence-electron chi connectivity index (χ2n) is 7.08. The van der Waals surface area contributed by atoms with Crippen molar-refractivity contribution in [3.63, 3.8) is 0 Å². The Hall–Kier alpha value is -2.65. The molecule has 3 aromatic rings. The Balaban J connectivity index is 1.42. The third-order valence-electron chi connectivity index (χ3n) is 4.96. The Morgan fingerprint density at radius 3 is 2.43 bits per heavy atom. The molecule has 2 atom stereocenters. The predicted molar refractivity (Wildman–Crippen MR) is 110 cm³/mol. The first-order valence-corrected chi connectivity index (χ1v) is 9.91. The monoisotopic (exact) mass is 432 g/mol. The van der Waals surface area contributed by atoms with Crippen molar-refractivity contribution in [3.05, 3.63) is 72.1 Å². The van der Waals surface area contributed by atoms with Gasteiger partial charge in [-0.25, -0.2) is 23.1 Å². The molecule has 0 amide bonds. The van der Waals surface area contributed by atoms with Gasteiger partial charge in [0.15, 0.2) is 11.6 Å². The molecule has 0 unspecified atom stereocenters. The SMILES string of the molecule is Fc1cc(F)c(COC[C@@H]2C[C@@H](S)CN2c2ncc(-c3ccncc3)cn2)cc1F. The maximum Gasteiger partial charge on any atom is 0.225 e. The first-order valence-electron chi connectivity index (χ1n) is 9.39. The molecule has 0 aliphatic carbocycles. The normalized spacial score (nSPS) is 18.7. The number of nitrogens with zero attached hydrogens (tertiary/aromatic N) is 4. The van der Waals surface area contributed by atoms with E-state index in [2.05, 4.69) is 27.6 Å². The van der Waals surface area contributed by atoms with Gasteiger partial charge in [-0.2, -0.15) is 12.6 Å². The number of hydrogen-bond acceptors (Lipinski definition) is 6. The van der Waals surface area contributed by atoms with Gasteiger partial charge >= 0.3 is 0 Å². The zero-order valence-corrected chi connectivity index (χ0v) is 16.8. The van der Waals surface area contributed by atoms with Gasteiger partial charge in [0, 0.05) is 53.8 Å². The molecule has 30 heavy (non-hydrogen) atoms. The quantitative estimate of drug-likeness (QED) is 0.471. The molecular formula is C21H19F3N4OS. The van der Waals surface area contributed by atoms with Crippen LogP contribution in [0.4, 0.5) is 19.1 Å². The van der Waals surface area contributed by atoms with E-state index in [1.165, 1.54) is 0 Å². The first-order chi connectivity index (χ1) is 14.5. The van der Waals surface area contributed by atoms with E-state index in [-0.39, 0.29) is 30.1 Å². The molecule has 5 nitrogen and oxygen atoms in total. The fourth-order valence-electron chi connectivity index (χ4n) is 3.44. The summed E-state index contributed by atoms with van der Waals surface area (Å²) in [6, 6.07) is 5.04. The van der Waals surface area contributed by atoms with Crippen molar-refractivity contribution in [1.82, 2.24) is 15.0 Å². The van der Waals surface area contributed by atoms with Crippen molar-refractivity contribution in [3.8, 4) is 11.1 Å². The van der Waals surface area contributed by atoms with Crippen molar-refractivity contribution in [2.24, 2.45) is 0 Å². The van der Waals surface area contributed by atoms with Crippen LogP contribution in [0.1, 0.15) is 12.0 Å². The van der Waals surface area contributed by atoms with Crippen LogP contribution < -0.4 is 4.90 Å². The highest BCUT2D eigenvalue weighted by atomic mass is 32.1. The molecule has 3 heterocycles. The average molecular weight is 432 g/mol.